The summed E-state index contributed by atoms with van der Waals surface area (Å²) in [4.78, 5) is 28.9. The van der Waals surface area contributed by atoms with Crippen molar-refractivity contribution in [3.05, 3.63) is 59.7 Å². The lowest BCUT2D eigenvalue weighted by atomic mass is 9.83. The molecule has 1 aliphatic heterocycles. The third-order valence-electron chi connectivity index (χ3n) is 5.99. The molecule has 0 saturated carbocycles. The van der Waals surface area contributed by atoms with Crippen molar-refractivity contribution in [2.24, 2.45) is 5.92 Å². The van der Waals surface area contributed by atoms with Crippen LogP contribution in [0.25, 0.3) is 0 Å². The molecule has 2 aromatic carbocycles. The van der Waals surface area contributed by atoms with E-state index < -0.39 is 17.9 Å². The molecule has 2 aromatic rings. The van der Waals surface area contributed by atoms with Crippen LogP contribution in [-0.2, 0) is 9.59 Å². The highest BCUT2D eigenvalue weighted by atomic mass is 16.5. The molecule has 31 heavy (non-hydrogen) atoms. The second-order valence-electron chi connectivity index (χ2n) is 8.02. The summed E-state index contributed by atoms with van der Waals surface area (Å²) >= 11 is 0. The standard InChI is InChI=1S/C24H30N2O5/c1-4-13-25(2)21(28)15-26-14-20(16-5-9-18(27)10-6-16)22(24(29)30)23(26)17-7-11-19(31-3)12-8-17/h5-12,20,22-23,27H,4,13-15H2,1-3H3,(H,29,30). The van der Waals surface area contributed by atoms with Gasteiger partial charge in [-0.3, -0.25) is 14.5 Å². The number of aliphatic carboxylic acids is 1. The molecule has 3 rings (SSSR count). The Bertz CT molecular complexity index is 897. The van der Waals surface area contributed by atoms with E-state index in [9.17, 15) is 19.8 Å². The van der Waals surface area contributed by atoms with Crippen LogP contribution in [0, 0.1) is 5.92 Å². The molecule has 1 aliphatic rings. The Morgan fingerprint density at radius 3 is 2.26 bits per heavy atom. The van der Waals surface area contributed by atoms with Crippen molar-refractivity contribution in [3.8, 4) is 11.5 Å². The second kappa shape index (κ2) is 9.83. The highest BCUT2D eigenvalue weighted by Gasteiger charge is 2.47. The van der Waals surface area contributed by atoms with Crippen molar-refractivity contribution in [1.29, 1.82) is 0 Å². The van der Waals surface area contributed by atoms with Gasteiger partial charge in [-0.25, -0.2) is 0 Å². The van der Waals surface area contributed by atoms with Gasteiger partial charge in [0, 0.05) is 32.1 Å². The number of carbonyl (C=O) groups excluding carboxylic acids is 1. The lowest BCUT2D eigenvalue weighted by molar-refractivity contribution is -0.143. The summed E-state index contributed by atoms with van der Waals surface area (Å²) in [6.07, 6.45) is 0.859. The van der Waals surface area contributed by atoms with Crippen molar-refractivity contribution in [3.63, 3.8) is 0 Å². The first-order valence-electron chi connectivity index (χ1n) is 10.5. The van der Waals surface area contributed by atoms with Crippen molar-refractivity contribution in [2.45, 2.75) is 25.3 Å². The summed E-state index contributed by atoms with van der Waals surface area (Å²) in [7, 11) is 3.36. The Kier molecular flexibility index (Phi) is 7.17. The van der Waals surface area contributed by atoms with E-state index in [1.165, 1.54) is 0 Å². The number of methoxy groups -OCH3 is 1. The van der Waals surface area contributed by atoms with E-state index >= 15 is 0 Å². The number of likely N-dealkylation sites (tertiary alicyclic amines) is 1. The van der Waals surface area contributed by atoms with Crippen LogP contribution in [0.1, 0.15) is 36.4 Å². The summed E-state index contributed by atoms with van der Waals surface area (Å²) in [5.41, 5.74) is 1.67. The van der Waals surface area contributed by atoms with Crippen LogP contribution in [0.15, 0.2) is 48.5 Å². The van der Waals surface area contributed by atoms with E-state index in [1.807, 2.05) is 36.1 Å². The number of hydrogen-bond donors (Lipinski definition) is 2. The van der Waals surface area contributed by atoms with Gasteiger partial charge in [0.25, 0.3) is 0 Å². The Morgan fingerprint density at radius 1 is 1.10 bits per heavy atom. The van der Waals surface area contributed by atoms with Gasteiger partial charge in [0.1, 0.15) is 11.5 Å². The molecule has 1 fully saturated rings. The van der Waals surface area contributed by atoms with Gasteiger partial charge < -0.3 is 19.8 Å². The Balaban J connectivity index is 1.99. The maximum absolute atomic E-state index is 12.8. The molecule has 3 atom stereocenters. The number of hydrogen-bond acceptors (Lipinski definition) is 5. The summed E-state index contributed by atoms with van der Waals surface area (Å²) in [6.45, 7) is 3.25. The van der Waals surface area contributed by atoms with Crippen molar-refractivity contribution in [1.82, 2.24) is 9.80 Å². The van der Waals surface area contributed by atoms with E-state index in [0.717, 1.165) is 17.5 Å². The lowest BCUT2D eigenvalue weighted by Crippen LogP contribution is -2.39. The molecule has 1 heterocycles. The van der Waals surface area contributed by atoms with Crippen LogP contribution < -0.4 is 4.74 Å². The molecular weight excluding hydrogens is 396 g/mol. The van der Waals surface area contributed by atoms with E-state index in [-0.39, 0.29) is 24.1 Å². The topological polar surface area (TPSA) is 90.3 Å². The number of phenolic OH excluding ortho intramolecular Hbond substituents is 1. The fourth-order valence-corrected chi connectivity index (χ4v) is 4.41. The van der Waals surface area contributed by atoms with Crippen molar-refractivity contribution >= 4 is 11.9 Å². The average Bonchev–Trinajstić information content (AvgIpc) is 3.13. The van der Waals surface area contributed by atoms with E-state index in [0.29, 0.717) is 18.8 Å². The smallest absolute Gasteiger partial charge is 0.309 e. The first kappa shape index (κ1) is 22.6. The van der Waals surface area contributed by atoms with Crippen molar-refractivity contribution in [2.75, 3.05) is 33.8 Å². The van der Waals surface area contributed by atoms with Crippen LogP contribution >= 0.6 is 0 Å². The predicted octanol–water partition coefficient (Wildman–Crippen LogP) is 3.11. The molecule has 1 amide bonds. The molecule has 0 radical (unpaired) electrons. The molecule has 1 saturated heterocycles. The van der Waals surface area contributed by atoms with Gasteiger partial charge in [-0.1, -0.05) is 31.2 Å². The molecule has 166 valence electrons. The summed E-state index contributed by atoms with van der Waals surface area (Å²) in [6, 6.07) is 13.6. The van der Waals surface area contributed by atoms with Crippen LogP contribution in [0.4, 0.5) is 0 Å². The number of amides is 1. The highest BCUT2D eigenvalue weighted by molar-refractivity contribution is 5.79. The predicted molar refractivity (Wildman–Crippen MR) is 117 cm³/mol. The molecule has 3 unspecified atom stereocenters. The maximum atomic E-state index is 12.8. The zero-order chi connectivity index (χ0) is 22.5. The quantitative estimate of drug-likeness (QED) is 0.674. The SMILES string of the molecule is CCCN(C)C(=O)CN1CC(c2ccc(O)cc2)C(C(=O)O)C1c1ccc(OC)cc1. The minimum absolute atomic E-state index is 0.0316. The number of carbonyl (C=O) groups is 2. The Morgan fingerprint density at radius 2 is 1.71 bits per heavy atom. The summed E-state index contributed by atoms with van der Waals surface area (Å²) in [5.74, 6) is -1.16. The molecule has 2 N–H and O–H groups in total. The van der Waals surface area contributed by atoms with E-state index in [1.54, 1.807) is 43.3 Å². The van der Waals surface area contributed by atoms with Gasteiger partial charge in [0.15, 0.2) is 0 Å². The highest BCUT2D eigenvalue weighted by Crippen LogP contribution is 2.46. The fourth-order valence-electron chi connectivity index (χ4n) is 4.41. The van der Waals surface area contributed by atoms with Gasteiger partial charge in [-0.15, -0.1) is 0 Å². The number of nitrogens with zero attached hydrogens (tertiary/aromatic N) is 2. The summed E-state index contributed by atoms with van der Waals surface area (Å²) in [5, 5.41) is 19.8. The third kappa shape index (κ3) is 4.99. The zero-order valence-electron chi connectivity index (χ0n) is 18.2. The number of benzene rings is 2. The van der Waals surface area contributed by atoms with E-state index in [2.05, 4.69) is 0 Å². The first-order chi connectivity index (χ1) is 14.8. The minimum Gasteiger partial charge on any atom is -0.508 e. The number of rotatable bonds is 8. The Hall–Kier alpha value is -3.06. The van der Waals surface area contributed by atoms with Crippen LogP contribution in [0.5, 0.6) is 11.5 Å². The van der Waals surface area contributed by atoms with Gasteiger partial charge in [0.2, 0.25) is 5.91 Å². The molecule has 0 bridgehead atoms. The van der Waals surface area contributed by atoms with Crippen LogP contribution in [0.2, 0.25) is 0 Å². The molecule has 7 heteroatoms. The second-order valence-corrected chi connectivity index (χ2v) is 8.02. The normalized spacial score (nSPS) is 21.1. The van der Waals surface area contributed by atoms with E-state index in [4.69, 9.17) is 4.74 Å². The van der Waals surface area contributed by atoms with Gasteiger partial charge >= 0.3 is 5.97 Å². The van der Waals surface area contributed by atoms with Crippen LogP contribution in [0.3, 0.4) is 0 Å². The monoisotopic (exact) mass is 426 g/mol. The molecule has 7 nitrogen and oxygen atoms in total. The first-order valence-corrected chi connectivity index (χ1v) is 10.5. The number of carboxylic acids is 1. The molecule has 0 aromatic heterocycles. The molecular formula is C24H30N2O5. The number of phenols is 1. The number of aromatic hydroxyl groups is 1. The summed E-state index contributed by atoms with van der Waals surface area (Å²) < 4.78 is 5.24. The fraction of sp³-hybridized carbons (Fsp3) is 0.417. The minimum atomic E-state index is -0.907. The van der Waals surface area contributed by atoms with Gasteiger partial charge in [0.05, 0.1) is 19.6 Å². The maximum Gasteiger partial charge on any atom is 0.309 e. The van der Waals surface area contributed by atoms with Crippen LogP contribution in [-0.4, -0.2) is 65.7 Å². The Labute approximate surface area is 182 Å². The number of carboxylic acid groups (broad SMARTS) is 1. The number of likely N-dealkylation sites (N-methyl/N-ethyl adjacent to an activating group) is 1. The molecule has 0 spiro atoms. The van der Waals surface area contributed by atoms with Crippen molar-refractivity contribution < 1.29 is 24.5 Å². The zero-order valence-corrected chi connectivity index (χ0v) is 18.2. The average molecular weight is 427 g/mol. The molecule has 0 aliphatic carbocycles. The van der Waals surface area contributed by atoms with Gasteiger partial charge in [-0.2, -0.15) is 0 Å². The van der Waals surface area contributed by atoms with Gasteiger partial charge in [-0.05, 0) is 41.8 Å². The largest absolute Gasteiger partial charge is 0.508 e. The number of ether oxygens (including phenoxy) is 1. The lowest BCUT2D eigenvalue weighted by Gasteiger charge is -2.28. The third-order valence-corrected chi connectivity index (χ3v) is 5.99.